The van der Waals surface area contributed by atoms with Crippen molar-refractivity contribution < 1.29 is 22.3 Å². The second kappa shape index (κ2) is 7.75. The number of hydrogen-bond acceptors (Lipinski definition) is 3. The molecule has 136 valence electrons. The number of benzene rings is 2. The Balaban J connectivity index is 2.01. The van der Waals surface area contributed by atoms with Crippen LogP contribution in [0.5, 0.6) is 5.75 Å². The van der Waals surface area contributed by atoms with Gasteiger partial charge in [0.25, 0.3) is 0 Å². The van der Waals surface area contributed by atoms with E-state index in [1.807, 2.05) is 12.1 Å². The van der Waals surface area contributed by atoms with Gasteiger partial charge in [0.1, 0.15) is 5.75 Å². The molecule has 2 rings (SSSR count). The van der Waals surface area contributed by atoms with Crippen molar-refractivity contribution in [2.75, 3.05) is 11.8 Å². The molecule has 25 heavy (non-hydrogen) atoms. The van der Waals surface area contributed by atoms with Gasteiger partial charge < -0.3 is 9.61 Å². The Bertz CT molecular complexity index is 746. The van der Waals surface area contributed by atoms with Gasteiger partial charge in [0.05, 0.1) is 0 Å². The highest BCUT2D eigenvalue weighted by molar-refractivity contribution is 8.00. The van der Waals surface area contributed by atoms with Crippen molar-refractivity contribution in [3.8, 4) is 5.75 Å². The van der Waals surface area contributed by atoms with Gasteiger partial charge in [-0.05, 0) is 59.6 Å². The molecular formula is C17H19F3NO2PS. The van der Waals surface area contributed by atoms with Gasteiger partial charge in [-0.2, -0.15) is 13.2 Å². The Kier molecular flexibility index (Phi) is 6.12. The first-order valence-corrected chi connectivity index (χ1v) is 10.4. The summed E-state index contributed by atoms with van der Waals surface area (Å²) in [6.45, 7) is 5.56. The zero-order valence-electron chi connectivity index (χ0n) is 14.0. The van der Waals surface area contributed by atoms with Crippen LogP contribution in [-0.2, 0) is 4.57 Å². The van der Waals surface area contributed by atoms with Gasteiger partial charge in [0, 0.05) is 17.2 Å². The average Bonchev–Trinajstić information content (AvgIpc) is 2.47. The zero-order valence-corrected chi connectivity index (χ0v) is 15.7. The van der Waals surface area contributed by atoms with Crippen LogP contribution in [0.15, 0.2) is 53.4 Å². The van der Waals surface area contributed by atoms with Crippen molar-refractivity contribution in [1.82, 2.24) is 0 Å². The third-order valence-corrected chi connectivity index (χ3v) is 5.21. The summed E-state index contributed by atoms with van der Waals surface area (Å²) in [4.78, 5) is 0.0641. The highest BCUT2D eigenvalue weighted by Crippen LogP contribution is 2.44. The van der Waals surface area contributed by atoms with E-state index in [9.17, 15) is 17.7 Å². The van der Waals surface area contributed by atoms with Crippen LogP contribution in [0.1, 0.15) is 25.3 Å². The normalized spacial score (nSPS) is 14.2. The summed E-state index contributed by atoms with van der Waals surface area (Å²) in [5.41, 5.74) is -2.76. The Labute approximate surface area is 149 Å². The molecule has 0 amide bonds. The second-order valence-electron chi connectivity index (χ2n) is 5.84. The maximum Gasteiger partial charge on any atom is 0.446 e. The summed E-state index contributed by atoms with van der Waals surface area (Å²) in [6, 6.07) is 12.8. The van der Waals surface area contributed by atoms with E-state index in [0.29, 0.717) is 17.4 Å². The van der Waals surface area contributed by atoms with Crippen molar-refractivity contribution in [1.29, 1.82) is 0 Å². The fraction of sp³-hybridized carbons (Fsp3) is 0.294. The SMILES string of the molecule is CC(C)c1ccc(O[P@](C)(=O)Nc2ccc(SC(F)(F)F)cc2)cc1. The van der Waals surface area contributed by atoms with Crippen molar-refractivity contribution in [3.05, 3.63) is 54.1 Å². The van der Waals surface area contributed by atoms with Crippen LogP contribution < -0.4 is 9.61 Å². The molecule has 0 saturated carbocycles. The van der Waals surface area contributed by atoms with Crippen molar-refractivity contribution in [3.63, 3.8) is 0 Å². The van der Waals surface area contributed by atoms with Crippen LogP contribution in [0.25, 0.3) is 0 Å². The fourth-order valence-electron chi connectivity index (χ4n) is 2.10. The summed E-state index contributed by atoms with van der Waals surface area (Å²) in [5, 5.41) is 2.74. The van der Waals surface area contributed by atoms with E-state index < -0.39 is 13.0 Å². The highest BCUT2D eigenvalue weighted by Gasteiger charge is 2.29. The lowest BCUT2D eigenvalue weighted by Gasteiger charge is -2.18. The first kappa shape index (κ1) is 19.7. The van der Waals surface area contributed by atoms with E-state index in [-0.39, 0.29) is 16.7 Å². The molecule has 0 saturated heterocycles. The molecule has 3 nitrogen and oxygen atoms in total. The molecule has 0 aromatic heterocycles. The molecule has 0 bridgehead atoms. The maximum absolute atomic E-state index is 12.6. The number of hydrogen-bond donors (Lipinski definition) is 1. The molecule has 0 spiro atoms. The fourth-order valence-corrected chi connectivity index (χ4v) is 3.83. The second-order valence-corrected chi connectivity index (χ2v) is 9.08. The summed E-state index contributed by atoms with van der Waals surface area (Å²) in [5.74, 6) is 0.848. The van der Waals surface area contributed by atoms with Crippen LogP contribution in [0, 0.1) is 0 Å². The van der Waals surface area contributed by atoms with Gasteiger partial charge in [0.15, 0.2) is 0 Å². The van der Waals surface area contributed by atoms with Crippen LogP contribution in [0.4, 0.5) is 18.9 Å². The topological polar surface area (TPSA) is 38.3 Å². The largest absolute Gasteiger partial charge is 0.446 e. The molecule has 0 unspecified atom stereocenters. The Morgan fingerprint density at radius 1 is 1.04 bits per heavy atom. The minimum Gasteiger partial charge on any atom is -0.429 e. The van der Waals surface area contributed by atoms with Gasteiger partial charge in [-0.1, -0.05) is 26.0 Å². The van der Waals surface area contributed by atoms with Crippen LogP contribution in [0.3, 0.4) is 0 Å². The first-order valence-electron chi connectivity index (χ1n) is 7.55. The molecule has 0 radical (unpaired) electrons. The summed E-state index contributed by atoms with van der Waals surface area (Å²) >= 11 is -0.194. The predicted octanol–water partition coefficient (Wildman–Crippen LogP) is 6.74. The summed E-state index contributed by atoms with van der Waals surface area (Å²) in [6.07, 6.45) is 0. The van der Waals surface area contributed by atoms with Crippen LogP contribution >= 0.6 is 19.3 Å². The monoisotopic (exact) mass is 389 g/mol. The van der Waals surface area contributed by atoms with Gasteiger partial charge in [-0.15, -0.1) is 0 Å². The maximum atomic E-state index is 12.6. The third-order valence-electron chi connectivity index (χ3n) is 3.25. The number of anilines is 1. The molecule has 0 aliphatic heterocycles. The Morgan fingerprint density at radius 2 is 1.60 bits per heavy atom. The lowest BCUT2D eigenvalue weighted by Crippen LogP contribution is -2.03. The minimum atomic E-state index is -4.33. The van der Waals surface area contributed by atoms with Gasteiger partial charge in [-0.3, -0.25) is 4.57 Å². The number of thioether (sulfide) groups is 1. The van der Waals surface area contributed by atoms with Crippen molar-refractivity contribution in [2.24, 2.45) is 0 Å². The molecule has 8 heteroatoms. The summed E-state index contributed by atoms with van der Waals surface area (Å²) in [7, 11) is -3.21. The Morgan fingerprint density at radius 3 is 2.08 bits per heavy atom. The van der Waals surface area contributed by atoms with Crippen molar-refractivity contribution >= 4 is 25.0 Å². The zero-order chi connectivity index (χ0) is 18.7. The van der Waals surface area contributed by atoms with Crippen molar-refractivity contribution in [2.45, 2.75) is 30.2 Å². The molecule has 0 aliphatic carbocycles. The molecule has 0 aliphatic rings. The lowest BCUT2D eigenvalue weighted by atomic mass is 10.0. The standard InChI is InChI=1S/C17H19F3NO2PS/c1-12(2)13-4-8-15(9-5-13)23-24(3,22)21-14-6-10-16(11-7-14)25-17(18,19)20/h4-12H,1-3H3,(H,21,22)/t24-/m0/s1. The first-order chi connectivity index (χ1) is 11.5. The number of nitrogens with one attached hydrogen (secondary N) is 1. The highest BCUT2D eigenvalue weighted by atomic mass is 32.2. The van der Waals surface area contributed by atoms with Crippen LogP contribution in [0.2, 0.25) is 0 Å². The number of rotatable bonds is 6. The Hall–Kier alpha value is -1.59. The molecule has 2 aromatic carbocycles. The number of alkyl halides is 3. The molecule has 0 fully saturated rings. The van der Waals surface area contributed by atoms with E-state index in [2.05, 4.69) is 18.9 Å². The van der Waals surface area contributed by atoms with E-state index in [0.717, 1.165) is 5.56 Å². The smallest absolute Gasteiger partial charge is 0.429 e. The quantitative estimate of drug-likeness (QED) is 0.439. The van der Waals surface area contributed by atoms with E-state index in [4.69, 9.17) is 4.52 Å². The van der Waals surface area contributed by atoms with E-state index in [1.54, 1.807) is 12.1 Å². The van der Waals surface area contributed by atoms with E-state index in [1.165, 1.54) is 30.9 Å². The third kappa shape index (κ3) is 6.67. The molecule has 0 heterocycles. The molecule has 2 aromatic rings. The summed E-state index contributed by atoms with van der Waals surface area (Å²) < 4.78 is 55.0. The van der Waals surface area contributed by atoms with Gasteiger partial charge >= 0.3 is 13.0 Å². The predicted molar refractivity (Wildman–Crippen MR) is 96.7 cm³/mol. The average molecular weight is 389 g/mol. The molecule has 1 N–H and O–H groups in total. The minimum absolute atomic E-state index is 0.0641. The van der Waals surface area contributed by atoms with Gasteiger partial charge in [0.2, 0.25) is 0 Å². The molecular weight excluding hydrogens is 370 g/mol. The molecule has 1 atom stereocenters. The van der Waals surface area contributed by atoms with Crippen LogP contribution in [-0.4, -0.2) is 12.2 Å². The van der Waals surface area contributed by atoms with E-state index >= 15 is 0 Å². The number of halogens is 3. The lowest BCUT2D eigenvalue weighted by molar-refractivity contribution is -0.0328. The van der Waals surface area contributed by atoms with Gasteiger partial charge in [-0.25, -0.2) is 0 Å².